The quantitative estimate of drug-likeness (QED) is 0.734. The number of rotatable bonds is 5. The highest BCUT2D eigenvalue weighted by atomic mass is 16.6. The summed E-state index contributed by atoms with van der Waals surface area (Å²) in [5.74, 6) is 0.812. The topological polar surface area (TPSA) is 105 Å². The van der Waals surface area contributed by atoms with Gasteiger partial charge in [-0.15, -0.1) is 0 Å². The predicted octanol–water partition coefficient (Wildman–Crippen LogP) is 2.00. The lowest BCUT2D eigenvalue weighted by Crippen LogP contribution is -2.30. The molecule has 1 unspecified atom stereocenters. The van der Waals surface area contributed by atoms with Crippen molar-refractivity contribution >= 4 is 11.6 Å². The summed E-state index contributed by atoms with van der Waals surface area (Å²) in [6.45, 7) is 0.223. The molecule has 2 N–H and O–H groups in total. The summed E-state index contributed by atoms with van der Waals surface area (Å²) in [5.41, 5.74) is 2.17. The summed E-state index contributed by atoms with van der Waals surface area (Å²) < 4.78 is 0. The maximum atomic E-state index is 12.3. The molecule has 1 atom stereocenters. The fourth-order valence-electron chi connectivity index (χ4n) is 2.62. The van der Waals surface area contributed by atoms with Crippen LogP contribution in [0.4, 0.5) is 0 Å². The second-order valence-corrected chi connectivity index (χ2v) is 5.78. The van der Waals surface area contributed by atoms with E-state index >= 15 is 0 Å². The van der Waals surface area contributed by atoms with Crippen molar-refractivity contribution in [2.45, 2.75) is 19.1 Å². The van der Waals surface area contributed by atoms with Gasteiger partial charge in [-0.1, -0.05) is 35.5 Å². The van der Waals surface area contributed by atoms with Gasteiger partial charge in [0, 0.05) is 24.4 Å². The van der Waals surface area contributed by atoms with Crippen LogP contribution in [0.5, 0.6) is 0 Å². The van der Waals surface area contributed by atoms with Crippen LogP contribution in [0, 0.1) is 0 Å². The van der Waals surface area contributed by atoms with Crippen LogP contribution < -0.4 is 5.32 Å². The summed E-state index contributed by atoms with van der Waals surface area (Å²) in [6, 6.07) is 13.4. The fraction of sp³-hybridized carbons (Fsp3) is 0.167. The zero-order chi connectivity index (χ0) is 17.8. The van der Waals surface area contributed by atoms with Crippen molar-refractivity contribution in [3.63, 3.8) is 0 Å². The molecule has 8 heteroatoms. The second-order valence-electron chi connectivity index (χ2n) is 5.78. The zero-order valence-corrected chi connectivity index (χ0v) is 13.8. The molecule has 4 rings (SSSR count). The maximum absolute atomic E-state index is 12.3. The molecule has 130 valence electrons. The summed E-state index contributed by atoms with van der Waals surface area (Å²) in [7, 11) is 0. The Morgan fingerprint density at radius 2 is 2.12 bits per heavy atom. The predicted molar refractivity (Wildman–Crippen MR) is 93.8 cm³/mol. The third-order valence-electron chi connectivity index (χ3n) is 3.97. The number of amides is 1. The lowest BCUT2D eigenvalue weighted by molar-refractivity contribution is -0.115. The van der Waals surface area contributed by atoms with Crippen LogP contribution in [0.2, 0.25) is 0 Å². The van der Waals surface area contributed by atoms with E-state index in [1.165, 1.54) is 0 Å². The molecule has 0 aliphatic carbocycles. The number of pyridine rings is 1. The first-order valence-corrected chi connectivity index (χ1v) is 8.17. The molecule has 1 aliphatic rings. The van der Waals surface area contributed by atoms with Crippen LogP contribution in [0.3, 0.4) is 0 Å². The molecular weight excluding hydrogens is 332 g/mol. The van der Waals surface area contributed by atoms with Gasteiger partial charge in [0.2, 0.25) is 0 Å². The summed E-state index contributed by atoms with van der Waals surface area (Å²) >= 11 is 0. The molecule has 3 heterocycles. The highest BCUT2D eigenvalue weighted by Gasteiger charge is 2.27. The Hall–Kier alpha value is -3.55. The number of hydrogen-bond acceptors (Lipinski definition) is 6. The van der Waals surface area contributed by atoms with Gasteiger partial charge in [-0.3, -0.25) is 14.9 Å². The highest BCUT2D eigenvalue weighted by molar-refractivity contribution is 6.39. The second kappa shape index (κ2) is 7.14. The lowest BCUT2D eigenvalue weighted by atomic mass is 10.0. The van der Waals surface area contributed by atoms with Gasteiger partial charge in [-0.25, -0.2) is 4.98 Å². The van der Waals surface area contributed by atoms with Gasteiger partial charge >= 0.3 is 0 Å². The molecule has 0 bridgehead atoms. The Morgan fingerprint density at radius 3 is 2.92 bits per heavy atom. The van der Waals surface area contributed by atoms with E-state index in [1.54, 1.807) is 12.4 Å². The molecule has 1 amide bonds. The molecule has 1 aromatic carbocycles. The van der Waals surface area contributed by atoms with E-state index in [-0.39, 0.29) is 18.6 Å². The average Bonchev–Trinajstić information content (AvgIpc) is 3.37. The molecule has 1 aliphatic heterocycles. The average molecular weight is 348 g/mol. The Balaban J connectivity index is 1.33. The molecule has 26 heavy (non-hydrogen) atoms. The number of aromatic amines is 1. The number of carbonyl (C=O) groups excluding carboxylic acids is 1. The van der Waals surface area contributed by atoms with E-state index in [4.69, 9.17) is 4.84 Å². The number of hydrogen-bond donors (Lipinski definition) is 2. The first-order valence-electron chi connectivity index (χ1n) is 8.17. The standard InChI is InChI=1S/C18H16N6O2/c25-18(14-9-15(26-24-14)12-5-2-1-3-6-12)20-11-16-21-17(23-22-16)13-7-4-8-19-10-13/h1-8,10,15H,9,11H2,(H,20,25)(H,21,22,23). The minimum atomic E-state index is -0.275. The van der Waals surface area contributed by atoms with Crippen LogP contribution in [-0.2, 0) is 16.2 Å². The molecule has 0 saturated carbocycles. The number of oxime groups is 1. The molecule has 0 radical (unpaired) electrons. The fourth-order valence-corrected chi connectivity index (χ4v) is 2.62. The highest BCUT2D eigenvalue weighted by Crippen LogP contribution is 2.26. The van der Waals surface area contributed by atoms with Crippen molar-refractivity contribution < 1.29 is 9.63 Å². The Labute approximate surface area is 149 Å². The summed E-state index contributed by atoms with van der Waals surface area (Å²) in [5, 5.41) is 13.6. The SMILES string of the molecule is O=C(NCc1nc(-c2cccnc2)n[nH]1)C1=NOC(c2ccccc2)C1. The largest absolute Gasteiger partial charge is 0.387 e. The minimum absolute atomic E-state index is 0.223. The zero-order valence-electron chi connectivity index (χ0n) is 13.8. The first kappa shape index (κ1) is 15.9. The van der Waals surface area contributed by atoms with Gasteiger partial charge in [0.25, 0.3) is 5.91 Å². The molecule has 3 aromatic rings. The van der Waals surface area contributed by atoms with E-state index in [9.17, 15) is 4.79 Å². The molecule has 8 nitrogen and oxygen atoms in total. The van der Waals surface area contributed by atoms with Crippen molar-refractivity contribution in [3.05, 3.63) is 66.2 Å². The number of nitrogens with one attached hydrogen (secondary N) is 2. The number of nitrogens with zero attached hydrogens (tertiary/aromatic N) is 4. The molecular formula is C18H16N6O2. The van der Waals surface area contributed by atoms with Crippen molar-refractivity contribution in [2.75, 3.05) is 0 Å². The summed E-state index contributed by atoms with van der Waals surface area (Å²) in [4.78, 5) is 26.0. The molecule has 0 saturated heterocycles. The van der Waals surface area contributed by atoms with Gasteiger partial charge < -0.3 is 10.2 Å². The minimum Gasteiger partial charge on any atom is -0.387 e. The number of benzene rings is 1. The Kier molecular flexibility index (Phi) is 4.38. The number of aromatic nitrogens is 4. The van der Waals surface area contributed by atoms with Gasteiger partial charge in [0.15, 0.2) is 11.9 Å². The van der Waals surface area contributed by atoms with Gasteiger partial charge in [-0.05, 0) is 17.7 Å². The van der Waals surface area contributed by atoms with Crippen molar-refractivity contribution in [1.29, 1.82) is 0 Å². The Bertz CT molecular complexity index is 923. The van der Waals surface area contributed by atoms with Gasteiger partial charge in [-0.2, -0.15) is 5.10 Å². The first-order chi connectivity index (χ1) is 12.8. The molecule has 2 aromatic heterocycles. The number of H-pyrrole nitrogens is 1. The lowest BCUT2D eigenvalue weighted by Gasteiger charge is -2.07. The van der Waals surface area contributed by atoms with Crippen LogP contribution in [0.15, 0.2) is 60.0 Å². The third-order valence-corrected chi connectivity index (χ3v) is 3.97. The normalized spacial score (nSPS) is 16.0. The van der Waals surface area contributed by atoms with Gasteiger partial charge in [0.05, 0.1) is 6.54 Å². The van der Waals surface area contributed by atoms with Gasteiger partial charge in [0.1, 0.15) is 11.5 Å². The summed E-state index contributed by atoms with van der Waals surface area (Å²) in [6.07, 6.45) is 3.58. The number of carbonyl (C=O) groups is 1. The van der Waals surface area contributed by atoms with E-state index in [0.29, 0.717) is 23.8 Å². The monoisotopic (exact) mass is 348 g/mol. The van der Waals surface area contributed by atoms with E-state index in [1.807, 2.05) is 42.5 Å². The molecule has 0 fully saturated rings. The Morgan fingerprint density at radius 1 is 1.23 bits per heavy atom. The van der Waals surface area contributed by atoms with Crippen LogP contribution in [0.1, 0.15) is 23.9 Å². The van der Waals surface area contributed by atoms with Crippen LogP contribution in [0.25, 0.3) is 11.4 Å². The molecule has 0 spiro atoms. The van der Waals surface area contributed by atoms with Crippen molar-refractivity contribution in [2.24, 2.45) is 5.16 Å². The maximum Gasteiger partial charge on any atom is 0.269 e. The van der Waals surface area contributed by atoms with E-state index in [0.717, 1.165) is 11.1 Å². The van der Waals surface area contributed by atoms with Crippen LogP contribution in [-0.4, -0.2) is 31.8 Å². The third kappa shape index (κ3) is 3.44. The van der Waals surface area contributed by atoms with Crippen molar-refractivity contribution in [3.8, 4) is 11.4 Å². The van der Waals surface area contributed by atoms with Crippen LogP contribution >= 0.6 is 0 Å². The van der Waals surface area contributed by atoms with E-state index < -0.39 is 0 Å². The van der Waals surface area contributed by atoms with E-state index in [2.05, 4.69) is 30.6 Å². The van der Waals surface area contributed by atoms with Crippen molar-refractivity contribution in [1.82, 2.24) is 25.5 Å². The smallest absolute Gasteiger partial charge is 0.269 e.